The summed E-state index contributed by atoms with van der Waals surface area (Å²) in [5.74, 6) is 0.114. The summed E-state index contributed by atoms with van der Waals surface area (Å²) in [5.41, 5.74) is 8.49. The van der Waals surface area contributed by atoms with Crippen molar-refractivity contribution in [3.63, 3.8) is 0 Å². The molecule has 1 aromatic carbocycles. The molecule has 0 radical (unpaired) electrons. The summed E-state index contributed by atoms with van der Waals surface area (Å²) in [7, 11) is 0. The van der Waals surface area contributed by atoms with E-state index in [9.17, 15) is 9.59 Å². The SMILES string of the molecule is Cc1cccc(OCC(=O)NNC(=O)c2cc(C3CC3)nc3c2c(C)nn3C(C)(C)C)c1. The van der Waals surface area contributed by atoms with Gasteiger partial charge in [0.2, 0.25) is 0 Å². The molecule has 168 valence electrons. The van der Waals surface area contributed by atoms with Crippen LogP contribution in [0.4, 0.5) is 0 Å². The minimum Gasteiger partial charge on any atom is -0.484 e. The zero-order valence-electron chi connectivity index (χ0n) is 19.2. The fourth-order valence-electron chi connectivity index (χ4n) is 3.63. The lowest BCUT2D eigenvalue weighted by Crippen LogP contribution is -2.44. The molecule has 2 amide bonds. The van der Waals surface area contributed by atoms with Gasteiger partial charge in [0.25, 0.3) is 11.8 Å². The fourth-order valence-corrected chi connectivity index (χ4v) is 3.63. The zero-order valence-corrected chi connectivity index (χ0v) is 19.2. The summed E-state index contributed by atoms with van der Waals surface area (Å²) in [6.45, 7) is 9.77. The van der Waals surface area contributed by atoms with Crippen LogP contribution in [0.25, 0.3) is 11.0 Å². The Kier molecular flexibility index (Phi) is 5.62. The number of fused-ring (bicyclic) bond motifs is 1. The van der Waals surface area contributed by atoms with Crippen molar-refractivity contribution in [3.8, 4) is 5.75 Å². The predicted octanol–water partition coefficient (Wildman–Crippen LogP) is 3.52. The van der Waals surface area contributed by atoms with E-state index in [2.05, 4.69) is 36.7 Å². The highest BCUT2D eigenvalue weighted by atomic mass is 16.5. The highest BCUT2D eigenvalue weighted by Gasteiger charge is 2.30. The van der Waals surface area contributed by atoms with Crippen LogP contribution in [-0.2, 0) is 10.3 Å². The van der Waals surface area contributed by atoms with E-state index < -0.39 is 11.8 Å². The molecule has 0 unspecified atom stereocenters. The molecule has 8 nitrogen and oxygen atoms in total. The summed E-state index contributed by atoms with van der Waals surface area (Å²) < 4.78 is 7.36. The largest absolute Gasteiger partial charge is 0.484 e. The van der Waals surface area contributed by atoms with Crippen molar-refractivity contribution < 1.29 is 14.3 Å². The lowest BCUT2D eigenvalue weighted by molar-refractivity contribution is -0.123. The van der Waals surface area contributed by atoms with Crippen LogP contribution in [0.2, 0.25) is 0 Å². The summed E-state index contributed by atoms with van der Waals surface area (Å²) in [4.78, 5) is 30.1. The maximum atomic E-state index is 13.1. The van der Waals surface area contributed by atoms with E-state index in [4.69, 9.17) is 9.72 Å². The van der Waals surface area contributed by atoms with Gasteiger partial charge in [-0.3, -0.25) is 20.4 Å². The number of carbonyl (C=O) groups is 2. The van der Waals surface area contributed by atoms with Gasteiger partial charge in [0.15, 0.2) is 12.3 Å². The van der Waals surface area contributed by atoms with Gasteiger partial charge in [0.1, 0.15) is 5.75 Å². The lowest BCUT2D eigenvalue weighted by atomic mass is 10.1. The highest BCUT2D eigenvalue weighted by molar-refractivity contribution is 6.07. The van der Waals surface area contributed by atoms with Crippen LogP contribution in [0.15, 0.2) is 30.3 Å². The van der Waals surface area contributed by atoms with Crippen molar-refractivity contribution in [2.75, 3.05) is 6.61 Å². The number of benzene rings is 1. The van der Waals surface area contributed by atoms with Crippen LogP contribution in [0.5, 0.6) is 5.75 Å². The second-order valence-corrected chi connectivity index (χ2v) is 9.34. The van der Waals surface area contributed by atoms with Crippen LogP contribution >= 0.6 is 0 Å². The average Bonchev–Trinajstić information content (AvgIpc) is 3.53. The lowest BCUT2D eigenvalue weighted by Gasteiger charge is -2.20. The number of ether oxygens (including phenoxy) is 1. The molecular weight excluding hydrogens is 406 g/mol. The molecule has 4 rings (SSSR count). The second kappa shape index (κ2) is 8.26. The number of rotatable bonds is 5. The Morgan fingerprint density at radius 1 is 1.16 bits per heavy atom. The smallest absolute Gasteiger partial charge is 0.276 e. The summed E-state index contributed by atoms with van der Waals surface area (Å²) in [5, 5.41) is 5.36. The standard InChI is InChI=1S/C24H29N5O3/c1-14-7-6-8-17(11-14)32-13-20(30)26-27-23(31)18-12-19(16-9-10-16)25-22-21(18)15(2)28-29(22)24(3,4)5/h6-8,11-12,16H,9-10,13H2,1-5H3,(H,26,30)(H,27,31). The maximum Gasteiger partial charge on any atom is 0.276 e. The molecule has 8 heteroatoms. The number of carbonyl (C=O) groups excluding carboxylic acids is 2. The van der Waals surface area contributed by atoms with Gasteiger partial charge in [-0.15, -0.1) is 0 Å². The normalized spacial score (nSPS) is 13.8. The molecular formula is C24H29N5O3. The van der Waals surface area contributed by atoms with Crippen molar-refractivity contribution in [1.82, 2.24) is 25.6 Å². The van der Waals surface area contributed by atoms with Gasteiger partial charge in [0.05, 0.1) is 22.2 Å². The minimum absolute atomic E-state index is 0.205. The third kappa shape index (κ3) is 4.59. The van der Waals surface area contributed by atoms with Crippen LogP contribution in [-0.4, -0.2) is 33.2 Å². The first-order chi connectivity index (χ1) is 15.1. The van der Waals surface area contributed by atoms with Gasteiger partial charge in [-0.05, 0) is 71.2 Å². The Balaban J connectivity index is 1.52. The zero-order chi connectivity index (χ0) is 23.0. The molecule has 2 aromatic heterocycles. The summed E-state index contributed by atoms with van der Waals surface area (Å²) in [6, 6.07) is 9.25. The molecule has 2 heterocycles. The molecule has 1 aliphatic rings. The van der Waals surface area contributed by atoms with Gasteiger partial charge in [-0.2, -0.15) is 5.10 Å². The number of hydrazine groups is 1. The van der Waals surface area contributed by atoms with Crippen LogP contribution in [0.1, 0.15) is 66.8 Å². The van der Waals surface area contributed by atoms with E-state index in [0.29, 0.717) is 28.3 Å². The van der Waals surface area contributed by atoms with Crippen LogP contribution in [0, 0.1) is 13.8 Å². The molecule has 1 aliphatic carbocycles. The fraction of sp³-hybridized carbons (Fsp3) is 0.417. The molecule has 0 atom stereocenters. The molecule has 0 aliphatic heterocycles. The number of aromatic nitrogens is 3. The number of nitrogens with zero attached hydrogens (tertiary/aromatic N) is 3. The van der Waals surface area contributed by atoms with E-state index in [0.717, 1.165) is 29.8 Å². The number of hydrogen-bond acceptors (Lipinski definition) is 5. The first-order valence-electron chi connectivity index (χ1n) is 10.8. The van der Waals surface area contributed by atoms with E-state index in [1.807, 2.05) is 42.8 Å². The maximum absolute atomic E-state index is 13.1. The van der Waals surface area contributed by atoms with Crippen molar-refractivity contribution in [2.24, 2.45) is 0 Å². The molecule has 3 aromatic rings. The molecule has 1 saturated carbocycles. The Morgan fingerprint density at radius 2 is 1.91 bits per heavy atom. The van der Waals surface area contributed by atoms with Crippen molar-refractivity contribution >= 4 is 22.8 Å². The van der Waals surface area contributed by atoms with Crippen molar-refractivity contribution in [2.45, 2.75) is 58.9 Å². The van der Waals surface area contributed by atoms with E-state index >= 15 is 0 Å². The Bertz CT molecular complexity index is 1190. The number of aryl methyl sites for hydroxylation is 2. The van der Waals surface area contributed by atoms with Crippen LogP contribution in [0.3, 0.4) is 0 Å². The van der Waals surface area contributed by atoms with Gasteiger partial charge in [-0.25, -0.2) is 9.67 Å². The van der Waals surface area contributed by atoms with Gasteiger partial charge < -0.3 is 4.74 Å². The molecule has 2 N–H and O–H groups in total. The first-order valence-corrected chi connectivity index (χ1v) is 10.8. The number of pyridine rings is 1. The molecule has 32 heavy (non-hydrogen) atoms. The molecule has 0 spiro atoms. The van der Waals surface area contributed by atoms with E-state index in [1.54, 1.807) is 6.07 Å². The van der Waals surface area contributed by atoms with Crippen LogP contribution < -0.4 is 15.6 Å². The average molecular weight is 436 g/mol. The van der Waals surface area contributed by atoms with Crippen molar-refractivity contribution in [3.05, 3.63) is 52.8 Å². The van der Waals surface area contributed by atoms with Gasteiger partial charge in [-0.1, -0.05) is 12.1 Å². The number of nitrogens with one attached hydrogen (secondary N) is 2. The van der Waals surface area contributed by atoms with E-state index in [-0.39, 0.29) is 12.1 Å². The minimum atomic E-state index is -0.449. The predicted molar refractivity (Wildman–Crippen MR) is 122 cm³/mol. The topological polar surface area (TPSA) is 98.1 Å². The summed E-state index contributed by atoms with van der Waals surface area (Å²) in [6.07, 6.45) is 2.13. The molecule has 0 saturated heterocycles. The Morgan fingerprint density at radius 3 is 2.56 bits per heavy atom. The van der Waals surface area contributed by atoms with Crippen molar-refractivity contribution in [1.29, 1.82) is 0 Å². The summed E-state index contributed by atoms with van der Waals surface area (Å²) >= 11 is 0. The third-order valence-electron chi connectivity index (χ3n) is 5.38. The number of amides is 2. The number of hydrogen-bond donors (Lipinski definition) is 2. The quantitative estimate of drug-likeness (QED) is 0.598. The first kappa shape index (κ1) is 21.8. The van der Waals surface area contributed by atoms with E-state index in [1.165, 1.54) is 0 Å². The third-order valence-corrected chi connectivity index (χ3v) is 5.38. The van der Waals surface area contributed by atoms with Gasteiger partial charge >= 0.3 is 0 Å². The molecule has 1 fully saturated rings. The monoisotopic (exact) mass is 435 g/mol. The second-order valence-electron chi connectivity index (χ2n) is 9.34. The molecule has 0 bridgehead atoms. The highest BCUT2D eigenvalue weighted by Crippen LogP contribution is 2.40. The van der Waals surface area contributed by atoms with Gasteiger partial charge in [0, 0.05) is 11.6 Å². The Labute approximate surface area is 187 Å². The Hall–Kier alpha value is -3.42.